The molecule has 14 heavy (non-hydrogen) atoms. The van der Waals surface area contributed by atoms with Crippen molar-refractivity contribution >= 4 is 11.0 Å². The zero-order valence-electron chi connectivity index (χ0n) is 8.07. The van der Waals surface area contributed by atoms with Gasteiger partial charge in [-0.1, -0.05) is 6.07 Å². The van der Waals surface area contributed by atoms with E-state index in [2.05, 4.69) is 16.1 Å². The quantitative estimate of drug-likeness (QED) is 0.667. The molecule has 0 fully saturated rings. The van der Waals surface area contributed by atoms with Crippen molar-refractivity contribution < 1.29 is 0 Å². The van der Waals surface area contributed by atoms with Crippen molar-refractivity contribution in [1.82, 2.24) is 15.0 Å². The van der Waals surface area contributed by atoms with Crippen molar-refractivity contribution in [1.29, 1.82) is 0 Å². The minimum absolute atomic E-state index is 0.667. The van der Waals surface area contributed by atoms with Crippen molar-refractivity contribution in [2.45, 2.75) is 19.9 Å². The van der Waals surface area contributed by atoms with Gasteiger partial charge in [0.1, 0.15) is 11.0 Å². The first-order valence-electron chi connectivity index (χ1n) is 4.54. The second-order valence-electron chi connectivity index (χ2n) is 3.24. The van der Waals surface area contributed by atoms with Gasteiger partial charge in [0.2, 0.25) is 0 Å². The highest BCUT2D eigenvalue weighted by Crippen LogP contribution is 2.10. The van der Waals surface area contributed by atoms with Crippen LogP contribution in [0.25, 0.3) is 11.0 Å². The van der Waals surface area contributed by atoms with E-state index in [1.807, 2.05) is 25.1 Å². The Morgan fingerprint density at radius 3 is 2.93 bits per heavy atom. The van der Waals surface area contributed by atoms with E-state index in [1.165, 1.54) is 5.56 Å². The first kappa shape index (κ1) is 8.76. The van der Waals surface area contributed by atoms with Gasteiger partial charge in [-0.3, -0.25) is 0 Å². The minimum Gasteiger partial charge on any atom is -0.183 e. The largest absolute Gasteiger partial charge is 0.183 e. The lowest BCUT2D eigenvalue weighted by Crippen LogP contribution is -2.00. The van der Waals surface area contributed by atoms with Gasteiger partial charge in [-0.25, -0.2) is 0 Å². The standard InChI is InChI=1S/C11H11N3/c1-3-4-7-14-12-10-6-5-9(2)8-11(10)13-14/h1,5-6,8H,4,7H2,2H3. The molecule has 0 saturated carbocycles. The van der Waals surface area contributed by atoms with Crippen molar-refractivity contribution in [3.63, 3.8) is 0 Å². The van der Waals surface area contributed by atoms with Crippen LogP contribution in [0.1, 0.15) is 12.0 Å². The molecule has 2 rings (SSSR count). The summed E-state index contributed by atoms with van der Waals surface area (Å²) in [5, 5.41) is 8.62. The van der Waals surface area contributed by atoms with Crippen LogP contribution in [-0.4, -0.2) is 15.0 Å². The lowest BCUT2D eigenvalue weighted by atomic mass is 10.2. The minimum atomic E-state index is 0.667. The smallest absolute Gasteiger partial charge is 0.113 e. The summed E-state index contributed by atoms with van der Waals surface area (Å²) in [5.41, 5.74) is 3.05. The average molecular weight is 185 g/mol. The van der Waals surface area contributed by atoms with Gasteiger partial charge in [-0.05, 0) is 24.6 Å². The molecular formula is C11H11N3. The number of aryl methyl sites for hydroxylation is 2. The third kappa shape index (κ3) is 1.60. The molecule has 3 heteroatoms. The van der Waals surface area contributed by atoms with E-state index in [9.17, 15) is 0 Å². The van der Waals surface area contributed by atoms with Crippen LogP contribution < -0.4 is 0 Å². The van der Waals surface area contributed by atoms with Gasteiger partial charge in [0.25, 0.3) is 0 Å². The molecular weight excluding hydrogens is 174 g/mol. The Bertz CT molecular complexity index is 491. The number of benzene rings is 1. The number of terminal acetylenes is 1. The van der Waals surface area contributed by atoms with Gasteiger partial charge in [0, 0.05) is 6.42 Å². The lowest BCUT2D eigenvalue weighted by Gasteiger charge is -1.91. The summed E-state index contributed by atoms with van der Waals surface area (Å²) in [6.45, 7) is 2.73. The van der Waals surface area contributed by atoms with E-state index in [0.717, 1.165) is 11.0 Å². The zero-order chi connectivity index (χ0) is 9.97. The SMILES string of the molecule is C#CCCn1nc2ccc(C)cc2n1. The predicted octanol–water partition coefficient (Wildman–Crippen LogP) is 1.76. The van der Waals surface area contributed by atoms with Crippen LogP contribution in [-0.2, 0) is 6.54 Å². The van der Waals surface area contributed by atoms with E-state index < -0.39 is 0 Å². The molecule has 0 N–H and O–H groups in total. The van der Waals surface area contributed by atoms with Gasteiger partial charge in [-0.15, -0.1) is 12.3 Å². The second kappa shape index (κ2) is 3.51. The molecule has 0 spiro atoms. The highest BCUT2D eigenvalue weighted by molar-refractivity contribution is 5.74. The monoisotopic (exact) mass is 185 g/mol. The molecule has 0 aliphatic heterocycles. The van der Waals surface area contributed by atoms with E-state index in [-0.39, 0.29) is 0 Å². The molecule has 3 nitrogen and oxygen atoms in total. The molecule has 0 aliphatic carbocycles. The van der Waals surface area contributed by atoms with Gasteiger partial charge in [-0.2, -0.15) is 15.0 Å². The van der Waals surface area contributed by atoms with Crippen LogP contribution in [0.5, 0.6) is 0 Å². The molecule has 1 heterocycles. The Morgan fingerprint density at radius 1 is 1.36 bits per heavy atom. The maximum Gasteiger partial charge on any atom is 0.113 e. The molecule has 0 saturated heterocycles. The molecule has 0 unspecified atom stereocenters. The molecule has 70 valence electrons. The van der Waals surface area contributed by atoms with Crippen LogP contribution in [0.15, 0.2) is 18.2 Å². The number of hydrogen-bond acceptors (Lipinski definition) is 2. The Balaban J connectivity index is 2.37. The van der Waals surface area contributed by atoms with E-state index in [1.54, 1.807) is 4.80 Å². The second-order valence-corrected chi connectivity index (χ2v) is 3.24. The van der Waals surface area contributed by atoms with Crippen LogP contribution in [0, 0.1) is 19.3 Å². The Morgan fingerprint density at radius 2 is 2.14 bits per heavy atom. The Kier molecular flexibility index (Phi) is 2.19. The average Bonchev–Trinajstić information content (AvgIpc) is 2.56. The summed E-state index contributed by atoms with van der Waals surface area (Å²) < 4.78 is 0. The van der Waals surface area contributed by atoms with Crippen molar-refractivity contribution in [3.8, 4) is 12.3 Å². The maximum atomic E-state index is 5.18. The number of nitrogens with zero attached hydrogens (tertiary/aromatic N) is 3. The summed E-state index contributed by atoms with van der Waals surface area (Å²) in [4.78, 5) is 1.66. The third-order valence-corrected chi connectivity index (χ3v) is 2.03. The van der Waals surface area contributed by atoms with Gasteiger partial charge in [0.05, 0.1) is 6.54 Å². The van der Waals surface area contributed by atoms with Gasteiger partial charge in [0.15, 0.2) is 0 Å². The van der Waals surface area contributed by atoms with Gasteiger partial charge < -0.3 is 0 Å². The lowest BCUT2D eigenvalue weighted by molar-refractivity contribution is 0.555. The zero-order valence-corrected chi connectivity index (χ0v) is 8.07. The fourth-order valence-electron chi connectivity index (χ4n) is 1.33. The van der Waals surface area contributed by atoms with Gasteiger partial charge >= 0.3 is 0 Å². The molecule has 0 bridgehead atoms. The summed E-state index contributed by atoms with van der Waals surface area (Å²) >= 11 is 0. The topological polar surface area (TPSA) is 30.7 Å². The van der Waals surface area contributed by atoms with Crippen molar-refractivity contribution in [2.75, 3.05) is 0 Å². The highest BCUT2D eigenvalue weighted by Gasteiger charge is 2.00. The molecule has 0 atom stereocenters. The summed E-state index contributed by atoms with van der Waals surface area (Å²) in [7, 11) is 0. The Hall–Kier alpha value is -1.82. The highest BCUT2D eigenvalue weighted by atomic mass is 15.5. The Labute approximate surface area is 82.7 Å². The fraction of sp³-hybridized carbons (Fsp3) is 0.273. The maximum absolute atomic E-state index is 5.18. The van der Waals surface area contributed by atoms with Crippen molar-refractivity contribution in [3.05, 3.63) is 23.8 Å². The first-order valence-corrected chi connectivity index (χ1v) is 4.54. The molecule has 2 aromatic rings. The first-order chi connectivity index (χ1) is 6.79. The number of rotatable bonds is 2. The molecule has 0 radical (unpaired) electrons. The molecule has 0 amide bonds. The van der Waals surface area contributed by atoms with E-state index >= 15 is 0 Å². The van der Waals surface area contributed by atoms with Crippen LogP contribution in [0.2, 0.25) is 0 Å². The summed E-state index contributed by atoms with van der Waals surface area (Å²) in [6, 6.07) is 6.03. The van der Waals surface area contributed by atoms with E-state index in [0.29, 0.717) is 13.0 Å². The summed E-state index contributed by atoms with van der Waals surface area (Å²) in [6.07, 6.45) is 5.84. The third-order valence-electron chi connectivity index (χ3n) is 2.03. The number of aromatic nitrogens is 3. The molecule has 1 aromatic carbocycles. The number of fused-ring (bicyclic) bond motifs is 1. The van der Waals surface area contributed by atoms with Crippen LogP contribution >= 0.6 is 0 Å². The molecule has 1 aromatic heterocycles. The van der Waals surface area contributed by atoms with Crippen molar-refractivity contribution in [2.24, 2.45) is 0 Å². The van der Waals surface area contributed by atoms with E-state index in [4.69, 9.17) is 6.42 Å². The summed E-state index contributed by atoms with van der Waals surface area (Å²) in [5.74, 6) is 2.57. The van der Waals surface area contributed by atoms with Crippen LogP contribution in [0.3, 0.4) is 0 Å². The number of hydrogen-bond donors (Lipinski definition) is 0. The molecule has 0 aliphatic rings. The normalized spacial score (nSPS) is 10.3. The fourth-order valence-corrected chi connectivity index (χ4v) is 1.33. The van der Waals surface area contributed by atoms with Crippen LogP contribution in [0.4, 0.5) is 0 Å². The predicted molar refractivity (Wildman–Crippen MR) is 55.7 cm³/mol.